The van der Waals surface area contributed by atoms with Crippen LogP contribution >= 0.6 is 0 Å². The number of fused-ring (bicyclic) bond motifs is 2. The first-order valence-electron chi connectivity index (χ1n) is 7.82. The van der Waals surface area contributed by atoms with Gasteiger partial charge in [0.2, 0.25) is 0 Å². The van der Waals surface area contributed by atoms with E-state index in [2.05, 4.69) is 15.3 Å². The average Bonchev–Trinajstić information content (AvgIpc) is 3.30. The molecule has 6 nitrogen and oxygen atoms in total. The third-order valence-corrected chi connectivity index (χ3v) is 4.23. The quantitative estimate of drug-likeness (QED) is 0.503. The first-order chi connectivity index (χ1) is 12.3. The van der Waals surface area contributed by atoms with Crippen LogP contribution in [0.25, 0.3) is 38.8 Å². The zero-order chi connectivity index (χ0) is 16.8. The summed E-state index contributed by atoms with van der Waals surface area (Å²) in [5.41, 5.74) is 3.49. The van der Waals surface area contributed by atoms with Crippen LogP contribution in [-0.4, -0.2) is 20.0 Å². The molecule has 0 saturated carbocycles. The minimum Gasteiger partial charge on any atom is -0.420 e. The van der Waals surface area contributed by atoms with Crippen molar-refractivity contribution in [2.45, 2.75) is 0 Å². The van der Waals surface area contributed by atoms with Gasteiger partial charge >= 0.3 is 5.63 Å². The molecule has 0 spiro atoms. The van der Waals surface area contributed by atoms with Crippen molar-refractivity contribution in [1.29, 1.82) is 0 Å². The first kappa shape index (κ1) is 13.7. The number of H-pyrrole nitrogens is 1. The molecule has 3 aromatic heterocycles. The van der Waals surface area contributed by atoms with Crippen molar-refractivity contribution in [2.75, 3.05) is 0 Å². The second-order valence-corrected chi connectivity index (χ2v) is 5.75. The molecule has 25 heavy (non-hydrogen) atoms. The van der Waals surface area contributed by atoms with Crippen LogP contribution in [0.5, 0.6) is 0 Å². The number of nitrogens with one attached hydrogen (secondary N) is 1. The fourth-order valence-electron chi connectivity index (χ4n) is 3.06. The Morgan fingerprint density at radius 3 is 2.80 bits per heavy atom. The van der Waals surface area contributed by atoms with Gasteiger partial charge in [0.05, 0.1) is 11.7 Å². The van der Waals surface area contributed by atoms with E-state index < -0.39 is 5.63 Å². The van der Waals surface area contributed by atoms with Crippen molar-refractivity contribution in [3.8, 4) is 16.9 Å². The molecule has 0 fully saturated rings. The van der Waals surface area contributed by atoms with Gasteiger partial charge in [-0.3, -0.25) is 0 Å². The van der Waals surface area contributed by atoms with Gasteiger partial charge in [0.1, 0.15) is 11.4 Å². The number of benzene rings is 2. The molecule has 0 aliphatic rings. The maximum absolute atomic E-state index is 11.6. The second kappa shape index (κ2) is 5.17. The number of rotatable bonds is 2. The van der Waals surface area contributed by atoms with E-state index in [0.29, 0.717) is 11.3 Å². The molecule has 1 N–H and O–H groups in total. The van der Waals surface area contributed by atoms with Gasteiger partial charge in [0.25, 0.3) is 0 Å². The van der Waals surface area contributed by atoms with Gasteiger partial charge in [-0.25, -0.2) is 9.48 Å². The Morgan fingerprint density at radius 2 is 1.84 bits per heavy atom. The summed E-state index contributed by atoms with van der Waals surface area (Å²) in [4.78, 5) is 14.8. The fourth-order valence-corrected chi connectivity index (χ4v) is 3.06. The summed E-state index contributed by atoms with van der Waals surface area (Å²) in [6.45, 7) is 0. The number of hydrogen-bond donors (Lipinski definition) is 1. The molecule has 5 aromatic rings. The molecular formula is C19H12N4O2. The fraction of sp³-hybridized carbons (Fsp3) is 0. The normalized spacial score (nSPS) is 11.4. The third kappa shape index (κ3) is 2.15. The molecule has 0 amide bonds. The number of aromatic amines is 1. The van der Waals surface area contributed by atoms with Gasteiger partial charge in [-0.2, -0.15) is 0 Å². The first-order valence-corrected chi connectivity index (χ1v) is 7.82. The van der Waals surface area contributed by atoms with Crippen molar-refractivity contribution >= 4 is 21.9 Å². The van der Waals surface area contributed by atoms with Crippen LogP contribution in [-0.2, 0) is 0 Å². The van der Waals surface area contributed by atoms with Crippen molar-refractivity contribution in [3.63, 3.8) is 0 Å². The lowest BCUT2D eigenvalue weighted by Crippen LogP contribution is -2.00. The van der Waals surface area contributed by atoms with Crippen LogP contribution in [0.15, 0.2) is 76.2 Å². The van der Waals surface area contributed by atoms with E-state index in [-0.39, 0.29) is 0 Å². The van der Waals surface area contributed by atoms with E-state index in [4.69, 9.17) is 4.42 Å². The topological polar surface area (TPSA) is 76.7 Å². The minimum atomic E-state index is -0.392. The molecule has 0 saturated heterocycles. The van der Waals surface area contributed by atoms with Crippen LogP contribution in [0.4, 0.5) is 0 Å². The van der Waals surface area contributed by atoms with Crippen molar-refractivity contribution in [3.05, 3.63) is 77.4 Å². The molecule has 5 rings (SSSR count). The maximum atomic E-state index is 11.6. The van der Waals surface area contributed by atoms with E-state index in [1.165, 1.54) is 6.07 Å². The molecule has 0 atom stereocenters. The predicted molar refractivity (Wildman–Crippen MR) is 94.7 cm³/mol. The lowest BCUT2D eigenvalue weighted by molar-refractivity contribution is 0.557. The zero-order valence-electron chi connectivity index (χ0n) is 13.0. The Kier molecular flexibility index (Phi) is 2.84. The van der Waals surface area contributed by atoms with Crippen LogP contribution < -0.4 is 5.63 Å². The van der Waals surface area contributed by atoms with Gasteiger partial charge in [-0.15, -0.1) is 5.10 Å². The average molecular weight is 328 g/mol. The van der Waals surface area contributed by atoms with E-state index in [1.807, 2.05) is 54.9 Å². The highest BCUT2D eigenvalue weighted by atomic mass is 16.4. The molecule has 0 aliphatic carbocycles. The van der Waals surface area contributed by atoms with E-state index in [0.717, 1.165) is 27.5 Å². The van der Waals surface area contributed by atoms with Crippen molar-refractivity contribution in [1.82, 2.24) is 20.0 Å². The molecule has 2 aromatic carbocycles. The Labute approximate surface area is 141 Å². The zero-order valence-corrected chi connectivity index (χ0v) is 13.0. The van der Waals surface area contributed by atoms with Gasteiger partial charge in [-0.1, -0.05) is 35.5 Å². The molecule has 6 heteroatoms. The summed E-state index contributed by atoms with van der Waals surface area (Å²) >= 11 is 0. The summed E-state index contributed by atoms with van der Waals surface area (Å²) < 4.78 is 7.00. The predicted octanol–water partition coefficient (Wildman–Crippen LogP) is 3.52. The third-order valence-electron chi connectivity index (χ3n) is 4.23. The standard InChI is InChI=1S/C19H12N4O2/c24-17-8-7-13-4-2-6-16(19(13)25-17)23-11-15(21-22-23)14-5-1-3-12-9-10-20-18(12)14/h1-11,20H. The molecule has 120 valence electrons. The largest absolute Gasteiger partial charge is 0.420 e. The van der Waals surface area contributed by atoms with Gasteiger partial charge in [-0.05, 0) is 18.2 Å². The molecule has 3 heterocycles. The summed E-state index contributed by atoms with van der Waals surface area (Å²) in [5, 5.41) is 10.5. The summed E-state index contributed by atoms with van der Waals surface area (Å²) in [5.74, 6) is 0. The highest BCUT2D eigenvalue weighted by molar-refractivity contribution is 5.93. The Hall–Kier alpha value is -3.67. The van der Waals surface area contributed by atoms with E-state index in [1.54, 1.807) is 10.7 Å². The minimum absolute atomic E-state index is 0.392. The Balaban J connectivity index is 1.70. The van der Waals surface area contributed by atoms with Crippen LogP contribution in [0.3, 0.4) is 0 Å². The van der Waals surface area contributed by atoms with E-state index >= 15 is 0 Å². The molecule has 0 bridgehead atoms. The maximum Gasteiger partial charge on any atom is 0.336 e. The van der Waals surface area contributed by atoms with Gasteiger partial charge in [0.15, 0.2) is 5.58 Å². The molecule has 0 radical (unpaired) electrons. The smallest absolute Gasteiger partial charge is 0.336 e. The highest BCUT2D eigenvalue weighted by Gasteiger charge is 2.12. The lowest BCUT2D eigenvalue weighted by atomic mass is 10.1. The SMILES string of the molecule is O=c1ccc2cccc(-n3cc(-c4cccc5cc[nH]c45)nn3)c2o1. The lowest BCUT2D eigenvalue weighted by Gasteiger charge is -2.03. The number of para-hydroxylation sites is 2. The number of hydrogen-bond acceptors (Lipinski definition) is 4. The highest BCUT2D eigenvalue weighted by Crippen LogP contribution is 2.27. The van der Waals surface area contributed by atoms with Gasteiger partial charge in [0, 0.05) is 28.6 Å². The molecular weight excluding hydrogens is 316 g/mol. The van der Waals surface area contributed by atoms with E-state index in [9.17, 15) is 4.79 Å². The van der Waals surface area contributed by atoms with Crippen LogP contribution in [0.1, 0.15) is 0 Å². The summed E-state index contributed by atoms with van der Waals surface area (Å²) in [7, 11) is 0. The number of aromatic nitrogens is 4. The Morgan fingerprint density at radius 1 is 0.960 bits per heavy atom. The summed E-state index contributed by atoms with van der Waals surface area (Å²) in [6.07, 6.45) is 3.73. The van der Waals surface area contributed by atoms with Gasteiger partial charge < -0.3 is 9.40 Å². The summed E-state index contributed by atoms with van der Waals surface area (Å²) in [6, 6.07) is 16.8. The monoisotopic (exact) mass is 328 g/mol. The number of nitrogens with zero attached hydrogens (tertiary/aromatic N) is 3. The second-order valence-electron chi connectivity index (χ2n) is 5.75. The van der Waals surface area contributed by atoms with Crippen LogP contribution in [0.2, 0.25) is 0 Å². The Bertz CT molecular complexity index is 1280. The van der Waals surface area contributed by atoms with Crippen molar-refractivity contribution < 1.29 is 4.42 Å². The molecule has 0 unspecified atom stereocenters. The van der Waals surface area contributed by atoms with Crippen molar-refractivity contribution in [2.24, 2.45) is 0 Å². The molecule has 0 aliphatic heterocycles. The van der Waals surface area contributed by atoms with Crippen LogP contribution in [0, 0.1) is 0 Å².